The summed E-state index contributed by atoms with van der Waals surface area (Å²) in [7, 11) is 0. The van der Waals surface area contributed by atoms with Crippen LogP contribution in [0, 0.1) is 0 Å². The first kappa shape index (κ1) is 9.68. The highest BCUT2D eigenvalue weighted by Gasteiger charge is 1.96. The number of hydrogen-bond donors (Lipinski definition) is 1. The number of aldehydes is 1. The molecule has 13 heavy (non-hydrogen) atoms. The van der Waals surface area contributed by atoms with E-state index in [0.717, 1.165) is 17.4 Å². The summed E-state index contributed by atoms with van der Waals surface area (Å²) in [5.74, 6) is 0. The number of rotatable bonds is 3. The van der Waals surface area contributed by atoms with Crippen molar-refractivity contribution in [1.82, 2.24) is 0 Å². The lowest BCUT2D eigenvalue weighted by Crippen LogP contribution is -1.98. The molecule has 1 aromatic carbocycles. The molecule has 0 aromatic heterocycles. The molecule has 1 rings (SSSR count). The van der Waals surface area contributed by atoms with Crippen LogP contribution in [0.15, 0.2) is 29.8 Å². The van der Waals surface area contributed by atoms with Gasteiger partial charge in [0, 0.05) is 6.54 Å². The predicted molar refractivity (Wildman–Crippen MR) is 54.0 cm³/mol. The third-order valence-corrected chi connectivity index (χ3v) is 1.84. The van der Waals surface area contributed by atoms with Crippen LogP contribution in [-0.4, -0.2) is 6.29 Å². The molecule has 0 bridgehead atoms. The van der Waals surface area contributed by atoms with Crippen LogP contribution >= 0.6 is 0 Å². The predicted octanol–water partition coefficient (Wildman–Crippen LogP) is 1.75. The molecule has 0 atom stereocenters. The van der Waals surface area contributed by atoms with Gasteiger partial charge in [0.2, 0.25) is 0 Å². The summed E-state index contributed by atoms with van der Waals surface area (Å²) in [4.78, 5) is 10.4. The van der Waals surface area contributed by atoms with Crippen LogP contribution in [-0.2, 0) is 11.3 Å². The van der Waals surface area contributed by atoms with Gasteiger partial charge in [0.1, 0.15) is 6.29 Å². The average Bonchev–Trinajstić information content (AvgIpc) is 2.18. The second kappa shape index (κ2) is 4.58. The van der Waals surface area contributed by atoms with E-state index in [0.29, 0.717) is 12.1 Å². The Morgan fingerprint density at radius 1 is 1.46 bits per heavy atom. The van der Waals surface area contributed by atoms with Crippen molar-refractivity contribution < 1.29 is 4.79 Å². The van der Waals surface area contributed by atoms with Gasteiger partial charge in [-0.15, -0.1) is 0 Å². The second-order valence-corrected chi connectivity index (χ2v) is 2.91. The van der Waals surface area contributed by atoms with E-state index >= 15 is 0 Å². The van der Waals surface area contributed by atoms with Crippen LogP contribution in [0.5, 0.6) is 0 Å². The van der Waals surface area contributed by atoms with Gasteiger partial charge in [-0.3, -0.25) is 4.79 Å². The van der Waals surface area contributed by atoms with Crippen LogP contribution in [0.3, 0.4) is 0 Å². The fourth-order valence-electron chi connectivity index (χ4n) is 1.14. The van der Waals surface area contributed by atoms with E-state index in [1.807, 2.05) is 30.3 Å². The first-order valence-corrected chi connectivity index (χ1v) is 4.19. The lowest BCUT2D eigenvalue weighted by atomic mass is 10.1. The van der Waals surface area contributed by atoms with Gasteiger partial charge in [-0.1, -0.05) is 24.3 Å². The zero-order valence-corrected chi connectivity index (χ0v) is 7.66. The van der Waals surface area contributed by atoms with E-state index in [1.165, 1.54) is 0 Å². The fourth-order valence-corrected chi connectivity index (χ4v) is 1.14. The third-order valence-electron chi connectivity index (χ3n) is 1.84. The molecule has 2 heteroatoms. The zero-order chi connectivity index (χ0) is 9.68. The molecule has 68 valence electrons. The topological polar surface area (TPSA) is 43.1 Å². The molecule has 0 amide bonds. The Hall–Kier alpha value is -1.41. The number of allylic oxidation sites excluding steroid dienone is 1. The van der Waals surface area contributed by atoms with E-state index in [2.05, 4.69) is 0 Å². The summed E-state index contributed by atoms with van der Waals surface area (Å²) in [6, 6.07) is 7.79. The second-order valence-electron chi connectivity index (χ2n) is 2.91. The van der Waals surface area contributed by atoms with Crippen molar-refractivity contribution in [3.63, 3.8) is 0 Å². The van der Waals surface area contributed by atoms with E-state index < -0.39 is 0 Å². The van der Waals surface area contributed by atoms with Crippen molar-refractivity contribution >= 4 is 12.4 Å². The van der Waals surface area contributed by atoms with Crippen LogP contribution < -0.4 is 5.73 Å². The minimum absolute atomic E-state index is 0.499. The van der Waals surface area contributed by atoms with Gasteiger partial charge in [-0.2, -0.15) is 0 Å². The Kier molecular flexibility index (Phi) is 3.41. The number of nitrogens with two attached hydrogens (primary N) is 1. The van der Waals surface area contributed by atoms with Gasteiger partial charge in [0.25, 0.3) is 0 Å². The van der Waals surface area contributed by atoms with Crippen molar-refractivity contribution in [2.75, 3.05) is 0 Å². The minimum atomic E-state index is 0.499. The Bertz CT molecular complexity index is 329. The summed E-state index contributed by atoms with van der Waals surface area (Å²) in [6.07, 6.45) is 2.68. The van der Waals surface area contributed by atoms with Gasteiger partial charge < -0.3 is 5.73 Å². The van der Waals surface area contributed by atoms with Crippen LogP contribution in [0.1, 0.15) is 18.1 Å². The highest BCUT2D eigenvalue weighted by molar-refractivity contribution is 5.81. The molecule has 0 aliphatic carbocycles. The van der Waals surface area contributed by atoms with Gasteiger partial charge >= 0.3 is 0 Å². The molecule has 0 aliphatic heterocycles. The van der Waals surface area contributed by atoms with E-state index in [9.17, 15) is 4.79 Å². The van der Waals surface area contributed by atoms with Gasteiger partial charge in [-0.05, 0) is 29.7 Å². The minimum Gasteiger partial charge on any atom is -0.326 e. The van der Waals surface area contributed by atoms with Crippen LogP contribution in [0.4, 0.5) is 0 Å². The average molecular weight is 175 g/mol. The SMILES string of the molecule is C/C(C=O)=C\c1ccccc1CN. The van der Waals surface area contributed by atoms with Crippen LogP contribution in [0.25, 0.3) is 6.08 Å². The summed E-state index contributed by atoms with van der Waals surface area (Å²) < 4.78 is 0. The van der Waals surface area contributed by atoms with Crippen LogP contribution in [0.2, 0.25) is 0 Å². The summed E-state index contributed by atoms with van der Waals surface area (Å²) in [5.41, 5.74) is 8.34. The molecule has 0 aliphatic rings. The van der Waals surface area contributed by atoms with Crippen molar-refractivity contribution in [2.24, 2.45) is 5.73 Å². The molecule has 0 unspecified atom stereocenters. The standard InChI is InChI=1S/C11H13NO/c1-9(8-13)6-10-4-2-3-5-11(10)7-12/h2-6,8H,7,12H2,1H3/b9-6+. The quantitative estimate of drug-likeness (QED) is 0.561. The van der Waals surface area contributed by atoms with E-state index in [4.69, 9.17) is 5.73 Å². The highest BCUT2D eigenvalue weighted by atomic mass is 16.1. The van der Waals surface area contributed by atoms with Gasteiger partial charge in [0.15, 0.2) is 0 Å². The molecule has 0 fully saturated rings. The van der Waals surface area contributed by atoms with E-state index in [1.54, 1.807) is 6.92 Å². The van der Waals surface area contributed by atoms with Gasteiger partial charge in [-0.25, -0.2) is 0 Å². The lowest BCUT2D eigenvalue weighted by Gasteiger charge is -2.02. The van der Waals surface area contributed by atoms with Crippen molar-refractivity contribution in [3.05, 3.63) is 41.0 Å². The molecular formula is C11H13NO. The molecule has 2 nitrogen and oxygen atoms in total. The molecule has 1 aromatic rings. The normalized spacial score (nSPS) is 11.4. The Morgan fingerprint density at radius 2 is 2.15 bits per heavy atom. The molecule has 0 spiro atoms. The Labute approximate surface area is 78.1 Å². The maximum absolute atomic E-state index is 10.4. The summed E-state index contributed by atoms with van der Waals surface area (Å²) >= 11 is 0. The van der Waals surface area contributed by atoms with Crippen molar-refractivity contribution in [3.8, 4) is 0 Å². The number of carbonyl (C=O) groups is 1. The van der Waals surface area contributed by atoms with Gasteiger partial charge in [0.05, 0.1) is 0 Å². The fraction of sp³-hybridized carbons (Fsp3) is 0.182. The number of benzene rings is 1. The first-order valence-electron chi connectivity index (χ1n) is 4.19. The highest BCUT2D eigenvalue weighted by Crippen LogP contribution is 2.11. The smallest absolute Gasteiger partial charge is 0.145 e. The van der Waals surface area contributed by atoms with Crippen molar-refractivity contribution in [1.29, 1.82) is 0 Å². The molecule has 0 saturated carbocycles. The molecule has 0 heterocycles. The lowest BCUT2D eigenvalue weighted by molar-refractivity contribution is -0.104. The Balaban J connectivity index is 3.06. The maximum Gasteiger partial charge on any atom is 0.145 e. The zero-order valence-electron chi connectivity index (χ0n) is 7.66. The van der Waals surface area contributed by atoms with E-state index in [-0.39, 0.29) is 0 Å². The Morgan fingerprint density at radius 3 is 2.77 bits per heavy atom. The largest absolute Gasteiger partial charge is 0.326 e. The number of carbonyl (C=O) groups excluding carboxylic acids is 1. The molecular weight excluding hydrogens is 162 g/mol. The molecule has 0 saturated heterocycles. The molecule has 0 radical (unpaired) electrons. The first-order chi connectivity index (χ1) is 6.27. The molecule has 2 N–H and O–H groups in total. The van der Waals surface area contributed by atoms with Crippen molar-refractivity contribution in [2.45, 2.75) is 13.5 Å². The monoisotopic (exact) mass is 175 g/mol. The summed E-state index contributed by atoms with van der Waals surface area (Å²) in [5, 5.41) is 0. The number of hydrogen-bond acceptors (Lipinski definition) is 2. The third kappa shape index (κ3) is 2.53. The summed E-state index contributed by atoms with van der Waals surface area (Å²) in [6.45, 7) is 2.28. The maximum atomic E-state index is 10.4.